The monoisotopic (exact) mass is 1010 g/mol. The number of rotatable bonds is 8. The van der Waals surface area contributed by atoms with Gasteiger partial charge in [-0.05, 0) is 112 Å². The molecule has 0 atom stereocenters. The van der Waals surface area contributed by atoms with Crippen molar-refractivity contribution in [1.29, 1.82) is 0 Å². The van der Waals surface area contributed by atoms with E-state index in [0.29, 0.717) is 23.6 Å². The molecule has 76 heavy (non-hydrogen) atoms. The van der Waals surface area contributed by atoms with Gasteiger partial charge < -0.3 is 19.3 Å². The number of fused-ring (bicyclic) bond motifs is 2. The van der Waals surface area contributed by atoms with Crippen LogP contribution in [0.4, 0.5) is 0 Å². The highest BCUT2D eigenvalue weighted by Crippen LogP contribution is 2.49. The Morgan fingerprint density at radius 2 is 0.776 bits per heavy atom. The fraction of sp³-hybridized carbons (Fsp3) is 0.382. The maximum Gasteiger partial charge on any atom is 0.145 e. The molecule has 0 radical (unpaired) electrons. The second-order valence-electron chi connectivity index (χ2n) is 26.1. The first kappa shape index (κ1) is 51.1. The summed E-state index contributed by atoms with van der Waals surface area (Å²) in [7, 11) is 0. The second-order valence-corrected chi connectivity index (χ2v) is 26.1. The molecule has 2 aliphatic rings. The Morgan fingerprint density at radius 3 is 1.14 bits per heavy atom. The number of hydrogen-bond donors (Lipinski definition) is 2. The lowest BCUT2D eigenvalue weighted by molar-refractivity contribution is 0.444. The Labute approximate surface area is 450 Å². The molecule has 0 unspecified atom stereocenters. The number of nitrogens with zero attached hydrogens (tertiary/aromatic N) is 6. The van der Waals surface area contributed by atoms with Crippen LogP contribution in [0.2, 0.25) is 0 Å². The van der Waals surface area contributed by atoms with E-state index in [0.717, 1.165) is 126 Å². The van der Waals surface area contributed by atoms with Crippen LogP contribution in [-0.4, -0.2) is 39.3 Å². The number of para-hydroxylation sites is 2. The molecule has 8 heteroatoms. The molecule has 2 N–H and O–H groups in total. The summed E-state index contributed by atoms with van der Waals surface area (Å²) in [5, 5.41) is 24.4. The molecule has 9 aromatic rings. The number of hydrogen-bond acceptors (Lipinski definition) is 6. The van der Waals surface area contributed by atoms with E-state index < -0.39 is 0 Å². The van der Waals surface area contributed by atoms with Crippen LogP contribution >= 0.6 is 0 Å². The van der Waals surface area contributed by atoms with Crippen LogP contribution in [0.25, 0.3) is 89.6 Å². The van der Waals surface area contributed by atoms with E-state index in [-0.39, 0.29) is 21.7 Å². The van der Waals surface area contributed by atoms with E-state index in [4.69, 9.17) is 19.9 Å². The third kappa shape index (κ3) is 9.30. The zero-order valence-corrected chi connectivity index (χ0v) is 46.9. The van der Waals surface area contributed by atoms with Crippen LogP contribution in [0.15, 0.2) is 122 Å². The number of aromatic hydroxyl groups is 2. The summed E-state index contributed by atoms with van der Waals surface area (Å²) in [6.45, 7) is 26.5. The van der Waals surface area contributed by atoms with Crippen molar-refractivity contribution in [3.05, 3.63) is 144 Å². The topological polar surface area (TPSA) is 102 Å². The number of phenols is 2. The highest BCUT2D eigenvalue weighted by molar-refractivity contribution is 5.97. The average molecular weight is 1010 g/mol. The minimum Gasteiger partial charge on any atom is -0.507 e. The van der Waals surface area contributed by atoms with Gasteiger partial charge in [-0.3, -0.25) is 0 Å². The van der Waals surface area contributed by atoms with Crippen molar-refractivity contribution >= 4 is 22.1 Å². The molecular weight excluding hydrogens is 933 g/mol. The van der Waals surface area contributed by atoms with Gasteiger partial charge in [0.25, 0.3) is 0 Å². The lowest BCUT2D eigenvalue weighted by atomic mass is 9.78. The van der Waals surface area contributed by atoms with Gasteiger partial charge in [-0.2, -0.15) is 0 Å². The van der Waals surface area contributed by atoms with E-state index >= 15 is 0 Å². The quantitative estimate of drug-likeness (QED) is 0.157. The first-order chi connectivity index (χ1) is 36.0. The van der Waals surface area contributed by atoms with Gasteiger partial charge in [0.2, 0.25) is 0 Å². The Kier molecular flexibility index (Phi) is 12.7. The smallest absolute Gasteiger partial charge is 0.145 e. The normalized spacial score (nSPS) is 15.2. The Morgan fingerprint density at radius 1 is 0.408 bits per heavy atom. The van der Waals surface area contributed by atoms with Crippen LogP contribution in [0.5, 0.6) is 11.5 Å². The van der Waals surface area contributed by atoms with Gasteiger partial charge in [-0.25, -0.2) is 19.9 Å². The van der Waals surface area contributed by atoms with Gasteiger partial charge in [0.05, 0.1) is 44.6 Å². The van der Waals surface area contributed by atoms with E-state index in [1.54, 1.807) is 6.33 Å². The van der Waals surface area contributed by atoms with Gasteiger partial charge in [0.15, 0.2) is 0 Å². The molecule has 0 aliphatic heterocycles. The highest BCUT2D eigenvalue weighted by atomic mass is 16.3. The molecule has 3 aromatic heterocycles. The van der Waals surface area contributed by atoms with Crippen LogP contribution in [0.1, 0.15) is 169 Å². The molecule has 11 rings (SSSR count). The molecule has 2 saturated carbocycles. The van der Waals surface area contributed by atoms with Crippen LogP contribution in [0, 0.1) is 0 Å². The Bertz CT molecular complexity index is 3450. The number of phenolic OH excluding ortho intramolecular Hbond substituents is 2. The molecule has 0 amide bonds. The number of benzene rings is 6. The molecular formula is C68H76N6O2. The summed E-state index contributed by atoms with van der Waals surface area (Å²) >= 11 is 0. The third-order valence-electron chi connectivity index (χ3n) is 16.5. The predicted octanol–water partition coefficient (Wildman–Crippen LogP) is 18.0. The SMILES string of the molecule is CC(C)(C)c1cc(-c2nc3c(-c4cccc(-c5cc(-c6cccc(-c7cccc8c7nc(-c7cc(C(C)(C)C)cc(C(C)(C)C)c7O)n8C7CCCC7)c6)ncn5)c4)cccc3n2C2CCCC2)c(O)c(C(C)(C)C)c1. The average Bonchev–Trinajstić information content (AvgIpc) is 4.29. The van der Waals surface area contributed by atoms with Crippen molar-refractivity contribution in [3.8, 4) is 79.0 Å². The predicted molar refractivity (Wildman–Crippen MR) is 314 cm³/mol. The van der Waals surface area contributed by atoms with E-state index in [1.165, 1.54) is 36.8 Å². The van der Waals surface area contributed by atoms with E-state index in [1.807, 2.05) is 0 Å². The summed E-state index contributed by atoms with van der Waals surface area (Å²) in [4.78, 5) is 20.8. The summed E-state index contributed by atoms with van der Waals surface area (Å²) in [6.07, 6.45) is 10.7. The van der Waals surface area contributed by atoms with Gasteiger partial charge >= 0.3 is 0 Å². The Hall–Kier alpha value is -7.06. The molecule has 0 spiro atoms. The van der Waals surface area contributed by atoms with E-state index in [9.17, 15) is 10.2 Å². The number of imidazole rings is 2. The van der Waals surface area contributed by atoms with Crippen LogP contribution in [-0.2, 0) is 21.7 Å². The second kappa shape index (κ2) is 18.9. The molecule has 0 bridgehead atoms. The zero-order valence-electron chi connectivity index (χ0n) is 46.9. The largest absolute Gasteiger partial charge is 0.507 e. The maximum absolute atomic E-state index is 12.2. The van der Waals surface area contributed by atoms with Crippen LogP contribution < -0.4 is 0 Å². The first-order valence-electron chi connectivity index (χ1n) is 27.9. The minimum absolute atomic E-state index is 0.121. The lowest BCUT2D eigenvalue weighted by Gasteiger charge is -2.28. The fourth-order valence-corrected chi connectivity index (χ4v) is 12.1. The third-order valence-corrected chi connectivity index (χ3v) is 16.5. The van der Waals surface area contributed by atoms with Gasteiger partial charge in [-0.1, -0.05) is 182 Å². The van der Waals surface area contributed by atoms with Crippen molar-refractivity contribution < 1.29 is 10.2 Å². The summed E-state index contributed by atoms with van der Waals surface area (Å²) in [5.74, 6) is 2.30. The molecule has 0 saturated heterocycles. The Balaban J connectivity index is 0.985. The zero-order chi connectivity index (χ0) is 53.6. The molecule has 8 nitrogen and oxygen atoms in total. The summed E-state index contributed by atoms with van der Waals surface area (Å²) in [5.41, 5.74) is 16.9. The van der Waals surface area contributed by atoms with Gasteiger partial charge in [-0.15, -0.1) is 0 Å². The maximum atomic E-state index is 12.2. The number of aromatic nitrogens is 6. The summed E-state index contributed by atoms with van der Waals surface area (Å²) < 4.78 is 4.88. The highest BCUT2D eigenvalue weighted by Gasteiger charge is 2.33. The van der Waals surface area contributed by atoms with Crippen molar-refractivity contribution in [1.82, 2.24) is 29.1 Å². The van der Waals surface area contributed by atoms with Gasteiger partial charge in [0, 0.05) is 45.5 Å². The van der Waals surface area contributed by atoms with Crippen LogP contribution in [0.3, 0.4) is 0 Å². The molecule has 2 fully saturated rings. The summed E-state index contributed by atoms with van der Waals surface area (Å²) in [6, 6.07) is 41.7. The van der Waals surface area contributed by atoms with Gasteiger partial charge in [0.1, 0.15) is 29.5 Å². The van der Waals surface area contributed by atoms with Crippen molar-refractivity contribution in [2.45, 2.75) is 168 Å². The van der Waals surface area contributed by atoms with Crippen molar-refractivity contribution in [2.24, 2.45) is 0 Å². The van der Waals surface area contributed by atoms with E-state index in [2.05, 4.69) is 207 Å². The van der Waals surface area contributed by atoms with Crippen molar-refractivity contribution in [3.63, 3.8) is 0 Å². The standard InChI is InChI=1S/C68H76N6O2/c1-65(2,3)45-35-51(61(75)53(37-45)67(7,8)9)63-71-59-49(29-19-31-57(59)73(63)47-25-13-14-26-47)41-21-17-23-43(33-41)55-39-56(70-40-69-55)44-24-18-22-42(34-44)50-30-20-32-58-60(50)72-64(74(58)48-27-15-16-28-48)52-36-46(66(4,5)6)38-54(62(52)76)68(10,11)12/h17-24,29-40,47-48,75-76H,13-16,25-28H2,1-12H3. The fourth-order valence-electron chi connectivity index (χ4n) is 12.1. The molecule has 3 heterocycles. The first-order valence-corrected chi connectivity index (χ1v) is 27.9. The van der Waals surface area contributed by atoms with Crippen molar-refractivity contribution in [2.75, 3.05) is 0 Å². The molecule has 390 valence electrons. The molecule has 2 aliphatic carbocycles. The molecule has 6 aromatic carbocycles. The minimum atomic E-state index is -0.263. The lowest BCUT2D eigenvalue weighted by Crippen LogP contribution is -2.17.